The van der Waals surface area contributed by atoms with E-state index in [1.165, 1.54) is 0 Å². The summed E-state index contributed by atoms with van der Waals surface area (Å²) in [5.74, 6) is -0.0747. The number of nitrogens with one attached hydrogen (secondary N) is 1. The van der Waals surface area contributed by atoms with Crippen LogP contribution in [0.5, 0.6) is 0 Å². The summed E-state index contributed by atoms with van der Waals surface area (Å²) in [6.45, 7) is 4.12. The van der Waals surface area contributed by atoms with Crippen LogP contribution < -0.4 is 5.32 Å². The van der Waals surface area contributed by atoms with Gasteiger partial charge in [-0.3, -0.25) is 4.79 Å². The van der Waals surface area contributed by atoms with E-state index in [0.717, 1.165) is 29.3 Å². The number of hydrogen-bond donors (Lipinski definition) is 1. The van der Waals surface area contributed by atoms with Crippen LogP contribution in [-0.4, -0.2) is 21.5 Å². The molecule has 2 aromatic heterocycles. The third-order valence-corrected chi connectivity index (χ3v) is 4.15. The molecule has 2 heterocycles. The molecule has 0 aliphatic rings. The number of rotatable bonds is 5. The molecule has 1 atom stereocenters. The molecular weight excluding hydrogens is 266 g/mol. The highest BCUT2D eigenvalue weighted by Crippen LogP contribution is 2.27. The minimum Gasteiger partial charge on any atom is -0.349 e. The van der Waals surface area contributed by atoms with Crippen molar-refractivity contribution in [1.82, 2.24) is 14.9 Å². The molecule has 0 fully saturated rings. The Morgan fingerprint density at radius 2 is 2.39 bits per heavy atom. The van der Waals surface area contributed by atoms with Crippen molar-refractivity contribution in [3.05, 3.63) is 22.4 Å². The molecule has 0 radical (unpaired) electrons. The number of hydrogen-bond acceptors (Lipinski definition) is 5. The minimum atomic E-state index is -0.0747. The maximum absolute atomic E-state index is 12.1. The van der Waals surface area contributed by atoms with Crippen molar-refractivity contribution in [2.75, 3.05) is 0 Å². The Labute approximate surface area is 114 Å². The largest absolute Gasteiger partial charge is 0.349 e. The van der Waals surface area contributed by atoms with Gasteiger partial charge in [-0.1, -0.05) is 23.9 Å². The zero-order valence-electron chi connectivity index (χ0n) is 10.3. The lowest BCUT2D eigenvalue weighted by Gasteiger charge is -2.11. The van der Waals surface area contributed by atoms with Crippen molar-refractivity contribution in [2.24, 2.45) is 0 Å². The van der Waals surface area contributed by atoms with Gasteiger partial charge in [0.1, 0.15) is 10.6 Å². The molecule has 6 heteroatoms. The first kappa shape index (κ1) is 13.2. The van der Waals surface area contributed by atoms with Crippen LogP contribution in [0.1, 0.15) is 36.4 Å². The summed E-state index contributed by atoms with van der Waals surface area (Å²) in [5.41, 5.74) is 0.691. The van der Waals surface area contributed by atoms with Crippen LogP contribution in [0.15, 0.2) is 17.5 Å². The van der Waals surface area contributed by atoms with Crippen LogP contribution in [0.2, 0.25) is 0 Å². The summed E-state index contributed by atoms with van der Waals surface area (Å²) >= 11 is 2.72. The first-order valence-corrected chi connectivity index (χ1v) is 7.54. The number of carbonyl (C=O) groups excluding carboxylic acids is 1. The fourth-order valence-corrected chi connectivity index (χ4v) is 3.07. The van der Waals surface area contributed by atoms with Gasteiger partial charge in [0, 0.05) is 6.04 Å². The summed E-state index contributed by atoms with van der Waals surface area (Å²) in [6.07, 6.45) is 2.03. The Balaban J connectivity index is 2.14. The molecule has 0 bridgehead atoms. The Morgan fingerprint density at radius 3 is 3.06 bits per heavy atom. The standard InChI is InChI=1S/C12H15N3OS2/c1-3-5-8(2)13-12(16)11-10(14-15-18-11)9-6-4-7-17-9/h4,6-8H,3,5H2,1-2H3,(H,13,16)/t8-/m0/s1. The van der Waals surface area contributed by atoms with Gasteiger partial charge in [-0.2, -0.15) is 0 Å². The third-order valence-electron chi connectivity index (χ3n) is 2.55. The van der Waals surface area contributed by atoms with E-state index in [2.05, 4.69) is 21.8 Å². The number of aromatic nitrogens is 2. The van der Waals surface area contributed by atoms with Crippen LogP contribution in [0.4, 0.5) is 0 Å². The summed E-state index contributed by atoms with van der Waals surface area (Å²) < 4.78 is 3.89. The van der Waals surface area contributed by atoms with Gasteiger partial charge in [-0.25, -0.2) is 0 Å². The average molecular weight is 281 g/mol. The fraction of sp³-hybridized carbons (Fsp3) is 0.417. The average Bonchev–Trinajstić information content (AvgIpc) is 3.00. The van der Waals surface area contributed by atoms with Crippen molar-refractivity contribution in [3.63, 3.8) is 0 Å². The molecule has 1 N–H and O–H groups in total. The van der Waals surface area contributed by atoms with Gasteiger partial charge in [0.2, 0.25) is 0 Å². The molecule has 18 heavy (non-hydrogen) atoms. The summed E-state index contributed by atoms with van der Waals surface area (Å²) in [7, 11) is 0. The van der Waals surface area contributed by atoms with Gasteiger partial charge in [0.05, 0.1) is 4.88 Å². The van der Waals surface area contributed by atoms with E-state index in [1.807, 2.05) is 24.4 Å². The summed E-state index contributed by atoms with van der Waals surface area (Å²) in [5, 5.41) is 9.00. The molecule has 0 saturated carbocycles. The summed E-state index contributed by atoms with van der Waals surface area (Å²) in [6, 6.07) is 4.08. The van der Waals surface area contributed by atoms with Crippen molar-refractivity contribution in [2.45, 2.75) is 32.7 Å². The second-order valence-electron chi connectivity index (χ2n) is 4.09. The fourth-order valence-electron chi connectivity index (χ4n) is 1.71. The summed E-state index contributed by atoms with van der Waals surface area (Å²) in [4.78, 5) is 13.7. The second kappa shape index (κ2) is 6.06. The molecule has 0 aromatic carbocycles. The van der Waals surface area contributed by atoms with E-state index in [1.54, 1.807) is 11.3 Å². The quantitative estimate of drug-likeness (QED) is 0.915. The molecule has 1 amide bonds. The minimum absolute atomic E-state index is 0.0747. The number of amides is 1. The predicted molar refractivity (Wildman–Crippen MR) is 75.1 cm³/mol. The number of carbonyl (C=O) groups is 1. The lowest BCUT2D eigenvalue weighted by molar-refractivity contribution is 0.0943. The molecular formula is C12H15N3OS2. The predicted octanol–water partition coefficient (Wildman–Crippen LogP) is 3.19. The van der Waals surface area contributed by atoms with Gasteiger partial charge in [-0.05, 0) is 36.3 Å². The smallest absolute Gasteiger partial charge is 0.265 e. The Hall–Kier alpha value is -1.27. The zero-order chi connectivity index (χ0) is 13.0. The van der Waals surface area contributed by atoms with E-state index in [0.29, 0.717) is 10.6 Å². The lowest BCUT2D eigenvalue weighted by Crippen LogP contribution is -2.32. The molecule has 0 unspecified atom stereocenters. The molecule has 2 rings (SSSR count). The van der Waals surface area contributed by atoms with Crippen molar-refractivity contribution in [3.8, 4) is 10.6 Å². The van der Waals surface area contributed by atoms with E-state index < -0.39 is 0 Å². The van der Waals surface area contributed by atoms with E-state index in [9.17, 15) is 4.79 Å². The van der Waals surface area contributed by atoms with Crippen LogP contribution in [0.3, 0.4) is 0 Å². The zero-order valence-corrected chi connectivity index (χ0v) is 12.0. The molecule has 0 aliphatic heterocycles. The Kier molecular flexibility index (Phi) is 4.43. The van der Waals surface area contributed by atoms with Crippen molar-refractivity contribution < 1.29 is 4.79 Å². The van der Waals surface area contributed by atoms with Crippen LogP contribution in [0.25, 0.3) is 10.6 Å². The van der Waals surface area contributed by atoms with Gasteiger partial charge >= 0.3 is 0 Å². The first-order valence-electron chi connectivity index (χ1n) is 5.89. The molecule has 2 aromatic rings. The molecule has 4 nitrogen and oxygen atoms in total. The van der Waals surface area contributed by atoms with E-state index in [-0.39, 0.29) is 11.9 Å². The molecule has 0 saturated heterocycles. The number of nitrogens with zero attached hydrogens (tertiary/aromatic N) is 2. The normalized spacial score (nSPS) is 12.3. The lowest BCUT2D eigenvalue weighted by atomic mass is 10.2. The maximum Gasteiger partial charge on any atom is 0.265 e. The van der Waals surface area contributed by atoms with Crippen LogP contribution in [0, 0.1) is 0 Å². The highest BCUT2D eigenvalue weighted by Gasteiger charge is 2.19. The SMILES string of the molecule is CCC[C@H](C)NC(=O)c1snnc1-c1cccs1. The monoisotopic (exact) mass is 281 g/mol. The van der Waals surface area contributed by atoms with Crippen LogP contribution >= 0.6 is 22.9 Å². The second-order valence-corrected chi connectivity index (χ2v) is 5.79. The first-order chi connectivity index (χ1) is 8.72. The number of thiophene rings is 1. The van der Waals surface area contributed by atoms with Crippen LogP contribution in [-0.2, 0) is 0 Å². The Bertz CT molecular complexity index is 507. The highest BCUT2D eigenvalue weighted by molar-refractivity contribution is 7.14. The van der Waals surface area contributed by atoms with Gasteiger partial charge < -0.3 is 5.32 Å². The highest BCUT2D eigenvalue weighted by atomic mass is 32.1. The molecule has 0 spiro atoms. The molecule has 96 valence electrons. The van der Waals surface area contributed by atoms with Gasteiger partial charge in [-0.15, -0.1) is 16.4 Å². The van der Waals surface area contributed by atoms with E-state index >= 15 is 0 Å². The van der Waals surface area contributed by atoms with Crippen molar-refractivity contribution in [1.29, 1.82) is 0 Å². The van der Waals surface area contributed by atoms with Crippen molar-refractivity contribution >= 4 is 28.8 Å². The third kappa shape index (κ3) is 2.94. The topological polar surface area (TPSA) is 54.9 Å². The van der Waals surface area contributed by atoms with Gasteiger partial charge in [0.15, 0.2) is 0 Å². The maximum atomic E-state index is 12.1. The molecule has 0 aliphatic carbocycles. The van der Waals surface area contributed by atoms with Gasteiger partial charge in [0.25, 0.3) is 5.91 Å². The van der Waals surface area contributed by atoms with E-state index in [4.69, 9.17) is 0 Å². The Morgan fingerprint density at radius 1 is 1.56 bits per heavy atom.